The van der Waals surface area contributed by atoms with Gasteiger partial charge >= 0.3 is 17.9 Å². The van der Waals surface area contributed by atoms with Crippen molar-refractivity contribution in [1.82, 2.24) is 19.9 Å². The van der Waals surface area contributed by atoms with Gasteiger partial charge in [0.15, 0.2) is 54.2 Å². The number of amides is 1. The first-order chi connectivity index (χ1) is 30.7. The number of carbonyl (C=O) groups excluding carboxylic acids is 3. The molecule has 21 heteroatoms. The summed E-state index contributed by atoms with van der Waals surface area (Å²) in [4.78, 5) is 62.4. The molecule has 0 atom stereocenters. The molecule has 0 aliphatic carbocycles. The normalized spacial score (nSPS) is 10.8. The van der Waals surface area contributed by atoms with Crippen LogP contribution in [0.5, 0.6) is 0 Å². The molecule has 0 unspecified atom stereocenters. The van der Waals surface area contributed by atoms with Gasteiger partial charge in [-0.05, 0) is 76.2 Å². The van der Waals surface area contributed by atoms with Gasteiger partial charge in [-0.2, -0.15) is 0 Å². The third-order valence-electron chi connectivity index (χ3n) is 8.65. The van der Waals surface area contributed by atoms with Crippen LogP contribution in [0.2, 0.25) is 0 Å². The van der Waals surface area contributed by atoms with E-state index in [0.717, 1.165) is 22.3 Å². The molecule has 2 aromatic heterocycles. The SMILES string of the molecule is CCOC(=O)CS(=O)(=O)c1ccc(N)cc1.CCOC(=O)CS(=O)(=O)c1ccc(NC(=O)c2nc(-c3ccc(C)cc3)cnc2N)cc1.Cc1ccc(-c2cnc(N)c(C(=O)O)n2)cc1. The number of aromatic carboxylic acids is 1. The van der Waals surface area contributed by atoms with Gasteiger partial charge in [0, 0.05) is 22.5 Å². The van der Waals surface area contributed by atoms with Crippen LogP contribution < -0.4 is 22.5 Å². The van der Waals surface area contributed by atoms with Crippen molar-refractivity contribution in [2.45, 2.75) is 37.5 Å². The van der Waals surface area contributed by atoms with Gasteiger partial charge in [-0.3, -0.25) is 14.4 Å². The zero-order valence-electron chi connectivity index (χ0n) is 35.6. The van der Waals surface area contributed by atoms with E-state index in [-0.39, 0.29) is 46.0 Å². The summed E-state index contributed by atoms with van der Waals surface area (Å²) in [5.41, 5.74) is 22.0. The van der Waals surface area contributed by atoms with Crippen molar-refractivity contribution in [3.63, 3.8) is 0 Å². The predicted octanol–water partition coefficient (Wildman–Crippen LogP) is 4.96. The summed E-state index contributed by atoms with van der Waals surface area (Å²) in [6.07, 6.45) is 2.95. The number of nitrogen functional groups attached to an aromatic ring is 3. The molecule has 0 saturated carbocycles. The molecule has 8 N–H and O–H groups in total. The summed E-state index contributed by atoms with van der Waals surface area (Å²) >= 11 is 0. The Labute approximate surface area is 374 Å². The highest BCUT2D eigenvalue weighted by molar-refractivity contribution is 7.92. The summed E-state index contributed by atoms with van der Waals surface area (Å²) in [5, 5.41) is 11.5. The van der Waals surface area contributed by atoms with Gasteiger partial charge in [-0.15, -0.1) is 0 Å². The van der Waals surface area contributed by atoms with Crippen molar-refractivity contribution in [3.05, 3.63) is 132 Å². The number of rotatable bonds is 13. The fourth-order valence-corrected chi connectivity index (χ4v) is 7.56. The molecule has 0 saturated heterocycles. The second kappa shape index (κ2) is 22.5. The second-order valence-corrected chi connectivity index (χ2v) is 17.7. The van der Waals surface area contributed by atoms with E-state index in [9.17, 15) is 36.0 Å². The lowest BCUT2D eigenvalue weighted by molar-refractivity contribution is -0.140. The molecule has 1 amide bonds. The van der Waals surface area contributed by atoms with Crippen molar-refractivity contribution in [2.24, 2.45) is 0 Å². The van der Waals surface area contributed by atoms with E-state index in [1.165, 1.54) is 60.9 Å². The number of carboxylic acids is 1. The summed E-state index contributed by atoms with van der Waals surface area (Å²) in [5.74, 6) is -4.86. The molecule has 65 heavy (non-hydrogen) atoms. The maximum atomic E-state index is 12.7. The number of hydrogen-bond acceptors (Lipinski definition) is 17. The number of nitrogens with zero attached hydrogens (tertiary/aromatic N) is 4. The number of benzene rings is 4. The van der Waals surface area contributed by atoms with E-state index in [1.54, 1.807) is 13.8 Å². The molecule has 4 aromatic carbocycles. The lowest BCUT2D eigenvalue weighted by Crippen LogP contribution is -2.19. The molecule has 2 heterocycles. The minimum Gasteiger partial charge on any atom is -0.476 e. The Balaban J connectivity index is 0.000000236. The Morgan fingerprint density at radius 2 is 0.969 bits per heavy atom. The molecule has 340 valence electrons. The van der Waals surface area contributed by atoms with Gasteiger partial charge in [0.1, 0.15) is 0 Å². The minimum absolute atomic E-state index is 0.0352. The van der Waals surface area contributed by atoms with E-state index in [4.69, 9.17) is 22.3 Å². The lowest BCUT2D eigenvalue weighted by Gasteiger charge is -2.09. The highest BCUT2D eigenvalue weighted by Gasteiger charge is 2.22. The van der Waals surface area contributed by atoms with Crippen LogP contribution in [0.25, 0.3) is 22.5 Å². The fraction of sp³-hybridized carbons (Fsp3) is 0.182. The zero-order chi connectivity index (χ0) is 47.9. The largest absolute Gasteiger partial charge is 0.476 e. The summed E-state index contributed by atoms with van der Waals surface area (Å²) in [6.45, 7) is 7.40. The average molecular weight is 927 g/mol. The van der Waals surface area contributed by atoms with E-state index < -0.39 is 55.0 Å². The maximum Gasteiger partial charge on any atom is 0.358 e. The van der Waals surface area contributed by atoms with Crippen LogP contribution in [0.1, 0.15) is 46.0 Å². The van der Waals surface area contributed by atoms with Gasteiger partial charge in [0.2, 0.25) is 0 Å². The van der Waals surface area contributed by atoms with Gasteiger partial charge in [-0.25, -0.2) is 41.6 Å². The van der Waals surface area contributed by atoms with Crippen molar-refractivity contribution < 1.29 is 50.6 Å². The van der Waals surface area contributed by atoms with Crippen LogP contribution in [0, 0.1) is 13.8 Å². The zero-order valence-corrected chi connectivity index (χ0v) is 37.2. The first-order valence-electron chi connectivity index (χ1n) is 19.4. The number of sulfone groups is 2. The van der Waals surface area contributed by atoms with E-state index in [0.29, 0.717) is 22.8 Å². The number of aryl methyl sites for hydroxylation is 2. The Bertz CT molecular complexity index is 2860. The Morgan fingerprint density at radius 1 is 0.585 bits per heavy atom. The van der Waals surface area contributed by atoms with Gasteiger partial charge < -0.3 is 37.1 Å². The van der Waals surface area contributed by atoms with Gasteiger partial charge in [0.25, 0.3) is 5.91 Å². The van der Waals surface area contributed by atoms with Crippen LogP contribution in [-0.4, -0.2) is 90.4 Å². The molecule has 0 spiro atoms. The molecule has 0 fully saturated rings. The molecule has 0 radical (unpaired) electrons. The standard InChI is InChI=1S/C22H22N4O5S.C12H11N3O2.C10H13NO4S/c1-3-31-19(27)13-32(29,30)17-10-8-16(9-11-17)25-22(28)20-21(23)24-12-18(26-20)15-6-4-14(2)5-7-15;1-7-2-4-8(5-3-7)9-6-14-11(13)10(15-9)12(16)17;1-2-15-10(12)7-16(13,14)9-5-3-8(11)4-6-9/h4-12H,3,13H2,1-2H3,(H2,23,24)(H,25,28);2-6H,1H3,(H2,13,14)(H,16,17);3-6H,2,7,11H2,1H3. The van der Waals surface area contributed by atoms with E-state index in [2.05, 4.69) is 34.7 Å². The topological polar surface area (TPSA) is 317 Å². The number of ether oxygens (including phenoxy) is 2. The van der Waals surface area contributed by atoms with E-state index in [1.807, 2.05) is 62.4 Å². The number of nitrogens with two attached hydrogens (primary N) is 3. The molecule has 19 nitrogen and oxygen atoms in total. The number of aromatic nitrogens is 4. The number of carboxylic acid groups (broad SMARTS) is 1. The summed E-state index contributed by atoms with van der Waals surface area (Å²) < 4.78 is 57.2. The summed E-state index contributed by atoms with van der Waals surface area (Å²) in [6, 6.07) is 26.2. The van der Waals surface area contributed by atoms with Crippen molar-refractivity contribution >= 4 is 66.5 Å². The predicted molar refractivity (Wildman–Crippen MR) is 243 cm³/mol. The van der Waals surface area contributed by atoms with Crippen LogP contribution in [0.3, 0.4) is 0 Å². The van der Waals surface area contributed by atoms with Crippen molar-refractivity contribution in [2.75, 3.05) is 47.2 Å². The van der Waals surface area contributed by atoms with Crippen LogP contribution in [-0.2, 0) is 38.7 Å². The monoisotopic (exact) mass is 926 g/mol. The molecular weight excluding hydrogens is 881 g/mol. The Hall–Kier alpha value is -7.78. The molecule has 0 aliphatic heterocycles. The molecule has 6 aromatic rings. The fourth-order valence-electron chi connectivity index (χ4n) is 5.34. The molecule has 0 aliphatic rings. The van der Waals surface area contributed by atoms with Crippen molar-refractivity contribution in [1.29, 1.82) is 0 Å². The molecule has 0 bridgehead atoms. The molecule has 6 rings (SSSR count). The number of esters is 2. The summed E-state index contributed by atoms with van der Waals surface area (Å²) in [7, 11) is -7.48. The number of anilines is 4. The number of nitrogens with one attached hydrogen (secondary N) is 1. The van der Waals surface area contributed by atoms with Crippen LogP contribution >= 0.6 is 0 Å². The first-order valence-corrected chi connectivity index (χ1v) is 22.7. The highest BCUT2D eigenvalue weighted by Crippen LogP contribution is 2.22. The Morgan fingerprint density at radius 3 is 1.37 bits per heavy atom. The second-order valence-electron chi connectivity index (χ2n) is 13.7. The third kappa shape index (κ3) is 14.6. The minimum atomic E-state index is -3.85. The van der Waals surface area contributed by atoms with Gasteiger partial charge in [0.05, 0.1) is 46.8 Å². The smallest absolute Gasteiger partial charge is 0.358 e. The van der Waals surface area contributed by atoms with Crippen LogP contribution in [0.4, 0.5) is 23.0 Å². The number of hydrogen-bond donors (Lipinski definition) is 5. The Kier molecular flexibility index (Phi) is 17.3. The van der Waals surface area contributed by atoms with E-state index >= 15 is 0 Å². The highest BCUT2D eigenvalue weighted by atomic mass is 32.2. The van der Waals surface area contributed by atoms with Crippen LogP contribution in [0.15, 0.2) is 119 Å². The van der Waals surface area contributed by atoms with Gasteiger partial charge in [-0.1, -0.05) is 59.7 Å². The average Bonchev–Trinajstić information content (AvgIpc) is 3.25. The quantitative estimate of drug-likeness (QED) is 0.0754. The van der Waals surface area contributed by atoms with Crippen molar-refractivity contribution in [3.8, 4) is 22.5 Å². The maximum absolute atomic E-state index is 12.7. The third-order valence-corrected chi connectivity index (χ3v) is 11.9. The number of carbonyl (C=O) groups is 4. The molecular formula is C44H46N8O11S2. The lowest BCUT2D eigenvalue weighted by atomic mass is 10.1. The first kappa shape index (κ1) is 49.9.